The highest BCUT2D eigenvalue weighted by Gasteiger charge is 2.17. The fourth-order valence-corrected chi connectivity index (χ4v) is 3.96. The van der Waals surface area contributed by atoms with E-state index in [1.807, 2.05) is 28.8 Å². The molecule has 0 radical (unpaired) electrons. The Morgan fingerprint density at radius 1 is 1.10 bits per heavy atom. The predicted molar refractivity (Wildman–Crippen MR) is 121 cm³/mol. The van der Waals surface area contributed by atoms with Gasteiger partial charge in [-0.15, -0.1) is 10.2 Å². The summed E-state index contributed by atoms with van der Waals surface area (Å²) in [6.45, 7) is 1.48. The molecule has 0 aliphatic heterocycles. The van der Waals surface area contributed by atoms with Gasteiger partial charge in [-0.2, -0.15) is 0 Å². The van der Waals surface area contributed by atoms with E-state index in [4.69, 9.17) is 32.7 Å². The largest absolute Gasteiger partial charge is 0.491 e. The van der Waals surface area contributed by atoms with Gasteiger partial charge in [-0.1, -0.05) is 47.1 Å². The molecule has 0 fully saturated rings. The van der Waals surface area contributed by atoms with Gasteiger partial charge < -0.3 is 19.1 Å². The van der Waals surface area contributed by atoms with E-state index in [0.717, 1.165) is 12.0 Å². The Bertz CT molecular complexity index is 938. The second kappa shape index (κ2) is 11.6. The molecule has 3 rings (SSSR count). The zero-order chi connectivity index (χ0) is 21.3. The maximum absolute atomic E-state index is 10.3. The minimum atomic E-state index is -0.668. The number of aliphatic hydroxyl groups is 1. The summed E-state index contributed by atoms with van der Waals surface area (Å²) in [5.74, 6) is 1.77. The quantitative estimate of drug-likeness (QED) is 0.322. The van der Waals surface area contributed by atoms with Crippen LogP contribution in [0.3, 0.4) is 0 Å². The number of hydrogen-bond acceptors (Lipinski definition) is 6. The Balaban J connectivity index is 1.65. The van der Waals surface area contributed by atoms with Crippen molar-refractivity contribution in [2.45, 2.75) is 24.2 Å². The first-order chi connectivity index (χ1) is 14.6. The van der Waals surface area contributed by atoms with Gasteiger partial charge in [-0.3, -0.25) is 0 Å². The van der Waals surface area contributed by atoms with Gasteiger partial charge in [0.1, 0.15) is 12.4 Å². The van der Waals surface area contributed by atoms with E-state index in [0.29, 0.717) is 45.7 Å². The third-order valence-corrected chi connectivity index (χ3v) is 5.92. The van der Waals surface area contributed by atoms with E-state index >= 15 is 0 Å². The second-order valence-electron chi connectivity index (χ2n) is 6.51. The third kappa shape index (κ3) is 6.36. The van der Waals surface area contributed by atoms with Crippen LogP contribution in [0.1, 0.15) is 6.42 Å². The van der Waals surface area contributed by atoms with Gasteiger partial charge in [0, 0.05) is 36.6 Å². The van der Waals surface area contributed by atoms with Crippen molar-refractivity contribution in [1.82, 2.24) is 14.8 Å². The molecule has 3 aromatic rings. The van der Waals surface area contributed by atoms with E-state index in [1.54, 1.807) is 31.4 Å². The number of methoxy groups -OCH3 is 1. The monoisotopic (exact) mass is 467 g/mol. The summed E-state index contributed by atoms with van der Waals surface area (Å²) in [5.41, 5.74) is 0.822. The first kappa shape index (κ1) is 22.9. The summed E-state index contributed by atoms with van der Waals surface area (Å²) in [6.07, 6.45) is 0.139. The Morgan fingerprint density at radius 2 is 1.87 bits per heavy atom. The molecule has 0 aliphatic carbocycles. The van der Waals surface area contributed by atoms with Crippen molar-refractivity contribution in [3.8, 4) is 17.1 Å². The Hall–Kier alpha value is -1.77. The summed E-state index contributed by atoms with van der Waals surface area (Å²) < 4.78 is 12.8. The molecule has 1 heterocycles. The smallest absolute Gasteiger partial charge is 0.191 e. The van der Waals surface area contributed by atoms with Gasteiger partial charge in [-0.25, -0.2) is 0 Å². The number of benzene rings is 2. The molecule has 1 aromatic heterocycles. The molecule has 2 aromatic carbocycles. The van der Waals surface area contributed by atoms with Crippen molar-refractivity contribution in [3.63, 3.8) is 0 Å². The molecule has 0 amide bonds. The van der Waals surface area contributed by atoms with E-state index in [9.17, 15) is 5.11 Å². The van der Waals surface area contributed by atoms with Gasteiger partial charge in [0.25, 0.3) is 0 Å². The SMILES string of the molecule is COCCCn1c(SCC(O)COc2ccc(Cl)cc2)nnc1-c1ccccc1Cl. The topological polar surface area (TPSA) is 69.4 Å². The highest BCUT2D eigenvalue weighted by Crippen LogP contribution is 2.29. The van der Waals surface area contributed by atoms with Crippen molar-refractivity contribution >= 4 is 35.0 Å². The average molecular weight is 468 g/mol. The van der Waals surface area contributed by atoms with Crippen LogP contribution in [-0.4, -0.2) is 52.1 Å². The molecule has 160 valence electrons. The maximum Gasteiger partial charge on any atom is 0.191 e. The van der Waals surface area contributed by atoms with Gasteiger partial charge in [0.2, 0.25) is 0 Å². The molecule has 9 heteroatoms. The molecule has 6 nitrogen and oxygen atoms in total. The van der Waals surface area contributed by atoms with Crippen LogP contribution in [0.4, 0.5) is 0 Å². The van der Waals surface area contributed by atoms with Gasteiger partial charge in [0.15, 0.2) is 11.0 Å². The molecule has 0 spiro atoms. The van der Waals surface area contributed by atoms with Crippen LogP contribution in [0.15, 0.2) is 53.7 Å². The number of ether oxygens (including phenoxy) is 2. The first-order valence-electron chi connectivity index (χ1n) is 9.44. The van der Waals surface area contributed by atoms with Crippen LogP contribution in [0.2, 0.25) is 10.0 Å². The molecule has 1 N–H and O–H groups in total. The van der Waals surface area contributed by atoms with Gasteiger partial charge >= 0.3 is 0 Å². The summed E-state index contributed by atoms with van der Waals surface area (Å²) in [5, 5.41) is 21.0. The molecule has 0 saturated carbocycles. The van der Waals surface area contributed by atoms with Crippen LogP contribution < -0.4 is 4.74 Å². The minimum Gasteiger partial charge on any atom is -0.491 e. The van der Waals surface area contributed by atoms with E-state index in [-0.39, 0.29) is 6.61 Å². The Kier molecular flexibility index (Phi) is 8.84. The van der Waals surface area contributed by atoms with Crippen LogP contribution in [0, 0.1) is 0 Å². The predicted octanol–water partition coefficient (Wildman–Crippen LogP) is 4.82. The van der Waals surface area contributed by atoms with Gasteiger partial charge in [0.05, 0.1) is 11.1 Å². The van der Waals surface area contributed by atoms with Crippen molar-refractivity contribution in [3.05, 3.63) is 58.6 Å². The summed E-state index contributed by atoms with van der Waals surface area (Å²) in [6, 6.07) is 14.6. The summed E-state index contributed by atoms with van der Waals surface area (Å²) >= 11 is 13.7. The van der Waals surface area contributed by atoms with Crippen LogP contribution >= 0.6 is 35.0 Å². The molecule has 1 atom stereocenters. The van der Waals surface area contributed by atoms with Crippen LogP contribution in [0.25, 0.3) is 11.4 Å². The average Bonchev–Trinajstić information content (AvgIpc) is 3.15. The fourth-order valence-electron chi connectivity index (χ4n) is 2.75. The molecule has 0 aliphatic rings. The zero-order valence-corrected chi connectivity index (χ0v) is 18.8. The van der Waals surface area contributed by atoms with Crippen molar-refractivity contribution in [1.29, 1.82) is 0 Å². The van der Waals surface area contributed by atoms with Crippen molar-refractivity contribution < 1.29 is 14.6 Å². The highest BCUT2D eigenvalue weighted by molar-refractivity contribution is 7.99. The summed E-state index contributed by atoms with van der Waals surface area (Å²) in [7, 11) is 1.67. The first-order valence-corrected chi connectivity index (χ1v) is 11.2. The number of aromatic nitrogens is 3. The molecular formula is C21H23Cl2N3O3S. The maximum atomic E-state index is 10.3. The zero-order valence-electron chi connectivity index (χ0n) is 16.5. The van der Waals surface area contributed by atoms with E-state index < -0.39 is 6.10 Å². The number of aliphatic hydroxyl groups excluding tert-OH is 1. The van der Waals surface area contributed by atoms with Gasteiger partial charge in [-0.05, 0) is 42.8 Å². The number of rotatable bonds is 11. The lowest BCUT2D eigenvalue weighted by molar-refractivity contribution is 0.126. The summed E-state index contributed by atoms with van der Waals surface area (Å²) in [4.78, 5) is 0. The lowest BCUT2D eigenvalue weighted by atomic mass is 10.2. The molecular weight excluding hydrogens is 445 g/mol. The Morgan fingerprint density at radius 3 is 2.60 bits per heavy atom. The number of nitrogens with zero attached hydrogens (tertiary/aromatic N) is 3. The van der Waals surface area contributed by atoms with Crippen molar-refractivity contribution in [2.24, 2.45) is 0 Å². The van der Waals surface area contributed by atoms with E-state index in [2.05, 4.69) is 10.2 Å². The normalized spacial score (nSPS) is 12.1. The standard InChI is InChI=1S/C21H23Cl2N3O3S/c1-28-12-4-11-26-20(18-5-2-3-6-19(18)23)24-25-21(26)30-14-16(27)13-29-17-9-7-15(22)8-10-17/h2-3,5-10,16,27H,4,11-14H2,1H3. The van der Waals surface area contributed by atoms with Crippen LogP contribution in [-0.2, 0) is 11.3 Å². The highest BCUT2D eigenvalue weighted by atomic mass is 35.5. The minimum absolute atomic E-state index is 0.170. The number of hydrogen-bond donors (Lipinski definition) is 1. The number of thioether (sulfide) groups is 1. The van der Waals surface area contributed by atoms with E-state index in [1.165, 1.54) is 11.8 Å². The third-order valence-electron chi connectivity index (χ3n) is 4.22. The fraction of sp³-hybridized carbons (Fsp3) is 0.333. The second-order valence-corrected chi connectivity index (χ2v) is 8.34. The molecule has 0 saturated heterocycles. The van der Waals surface area contributed by atoms with Crippen molar-refractivity contribution in [2.75, 3.05) is 26.1 Å². The lowest BCUT2D eigenvalue weighted by Gasteiger charge is -2.13. The lowest BCUT2D eigenvalue weighted by Crippen LogP contribution is -2.20. The number of halogens is 2. The van der Waals surface area contributed by atoms with Crippen LogP contribution in [0.5, 0.6) is 5.75 Å². The molecule has 0 bridgehead atoms. The Labute approximate surface area is 190 Å². The molecule has 1 unspecified atom stereocenters. The molecule has 30 heavy (non-hydrogen) atoms.